The number of hydrogen-bond donors (Lipinski definition) is 1. The number of fused-ring (bicyclic) bond motifs is 3. The van der Waals surface area contributed by atoms with Gasteiger partial charge in [-0.15, -0.1) is 0 Å². The van der Waals surface area contributed by atoms with Crippen molar-refractivity contribution >= 4 is 11.7 Å². The maximum Gasteiger partial charge on any atom is 0.318 e. The number of aliphatic hydroxyl groups excluding tert-OH is 1. The summed E-state index contributed by atoms with van der Waals surface area (Å²) in [6.45, 7) is 3.71. The highest BCUT2D eigenvalue weighted by atomic mass is 16.6. The molecule has 5 saturated heterocycles. The van der Waals surface area contributed by atoms with Gasteiger partial charge in [-0.3, -0.25) is 9.69 Å². The number of benzene rings is 1. The molecule has 6 heterocycles. The number of carbonyl (C=O) groups excluding carboxylic acids is 1. The Bertz CT molecular complexity index is 931. The molecule has 1 spiro atoms. The first-order valence-electron chi connectivity index (χ1n) is 10.2. The summed E-state index contributed by atoms with van der Waals surface area (Å²) in [4.78, 5) is 18.5. The molecule has 28 heavy (non-hydrogen) atoms. The third-order valence-corrected chi connectivity index (χ3v) is 8.66. The van der Waals surface area contributed by atoms with Crippen LogP contribution in [0.25, 0.3) is 0 Å². The molecule has 6 fully saturated rings. The Morgan fingerprint density at radius 1 is 1.39 bits per heavy atom. The Morgan fingerprint density at radius 2 is 2.18 bits per heavy atom. The molecule has 0 radical (unpaired) electrons. The summed E-state index contributed by atoms with van der Waals surface area (Å²) in [5.41, 5.74) is 1.31. The molecule has 8 rings (SSSR count). The first-order chi connectivity index (χ1) is 13.5. The maximum atomic E-state index is 13.7. The van der Waals surface area contributed by atoms with Crippen molar-refractivity contribution in [2.45, 2.75) is 43.2 Å². The molecule has 1 aromatic carbocycles. The number of ether oxygens (including phenoxy) is 2. The zero-order chi connectivity index (χ0) is 19.5. The van der Waals surface area contributed by atoms with Crippen LogP contribution in [0, 0.1) is 11.3 Å². The van der Waals surface area contributed by atoms with Crippen LogP contribution in [0.2, 0.25) is 0 Å². The zero-order valence-corrected chi connectivity index (χ0v) is 16.5. The standard InChI is InChI=1S/C22H26N2O4/c1-4-13-12-24-10-9-20-14-7-5-6-8-16(14)23(2)22(20,24)17-11-15(13)21(20,18(25)27-3)19(26)28-17/h4-8,15,17,19,26H,9-12H2,1-3H3/b13-4-/t15-,17+,19-,20-,21-,22-/m0/s1. The van der Waals surface area contributed by atoms with Gasteiger partial charge in [-0.25, -0.2) is 0 Å². The highest BCUT2D eigenvalue weighted by molar-refractivity contribution is 5.87. The fraction of sp³-hybridized carbons (Fsp3) is 0.591. The predicted octanol–water partition coefficient (Wildman–Crippen LogP) is 1.63. The summed E-state index contributed by atoms with van der Waals surface area (Å²) in [5, 5.41) is 11.4. The van der Waals surface area contributed by atoms with Gasteiger partial charge in [0, 0.05) is 31.7 Å². The van der Waals surface area contributed by atoms with Crippen molar-refractivity contribution < 1.29 is 19.4 Å². The number of likely N-dealkylation sites (N-methyl/N-ethyl adjacent to an activating group) is 1. The van der Waals surface area contributed by atoms with Crippen LogP contribution in [0.4, 0.5) is 5.69 Å². The van der Waals surface area contributed by atoms with Crippen molar-refractivity contribution in [2.24, 2.45) is 11.3 Å². The molecule has 7 aliphatic rings. The minimum atomic E-state index is -1.18. The first kappa shape index (κ1) is 17.0. The van der Waals surface area contributed by atoms with E-state index in [0.717, 1.165) is 37.2 Å². The molecule has 0 amide bonds. The fourth-order valence-electron chi connectivity index (χ4n) is 8.01. The van der Waals surface area contributed by atoms with Gasteiger partial charge in [-0.05, 0) is 31.4 Å². The number of nitrogens with zero attached hydrogens (tertiary/aromatic N) is 2. The lowest BCUT2D eigenvalue weighted by Crippen LogP contribution is -2.83. The van der Waals surface area contributed by atoms with Gasteiger partial charge in [0.2, 0.25) is 0 Å². The van der Waals surface area contributed by atoms with Crippen molar-refractivity contribution in [3.05, 3.63) is 41.5 Å². The maximum absolute atomic E-state index is 13.7. The van der Waals surface area contributed by atoms with Gasteiger partial charge < -0.3 is 19.5 Å². The topological polar surface area (TPSA) is 62.2 Å². The van der Waals surface area contributed by atoms with Gasteiger partial charge in [-0.1, -0.05) is 29.8 Å². The molecular weight excluding hydrogens is 356 g/mol. The zero-order valence-electron chi connectivity index (χ0n) is 16.5. The van der Waals surface area contributed by atoms with Crippen LogP contribution in [-0.4, -0.2) is 61.3 Å². The number of esters is 1. The van der Waals surface area contributed by atoms with Gasteiger partial charge in [0.05, 0.1) is 18.6 Å². The fourth-order valence-corrected chi connectivity index (χ4v) is 8.01. The third kappa shape index (κ3) is 1.31. The van der Waals surface area contributed by atoms with Crippen molar-refractivity contribution in [1.82, 2.24) is 4.90 Å². The molecule has 6 aliphatic heterocycles. The van der Waals surface area contributed by atoms with Crippen LogP contribution in [0.5, 0.6) is 0 Å². The number of anilines is 1. The molecule has 6 bridgehead atoms. The van der Waals surface area contributed by atoms with Crippen molar-refractivity contribution in [2.75, 3.05) is 32.1 Å². The molecule has 6 heteroatoms. The largest absolute Gasteiger partial charge is 0.468 e. The number of allylic oxidation sites excluding steroid dienone is 1. The summed E-state index contributed by atoms with van der Waals surface area (Å²) in [6, 6.07) is 8.37. The summed E-state index contributed by atoms with van der Waals surface area (Å²) in [5.74, 6) is -0.433. The van der Waals surface area contributed by atoms with E-state index in [1.165, 1.54) is 12.7 Å². The van der Waals surface area contributed by atoms with E-state index in [2.05, 4.69) is 35.1 Å². The van der Waals surface area contributed by atoms with Crippen LogP contribution < -0.4 is 4.90 Å². The molecule has 7 atom stereocenters. The summed E-state index contributed by atoms with van der Waals surface area (Å²) in [6.07, 6.45) is 2.33. The highest BCUT2D eigenvalue weighted by Crippen LogP contribution is 2.77. The number of hydrogen-bond acceptors (Lipinski definition) is 6. The minimum absolute atomic E-state index is 0.0864. The van der Waals surface area contributed by atoms with Crippen molar-refractivity contribution in [3.8, 4) is 0 Å². The Kier molecular flexibility index (Phi) is 3.03. The van der Waals surface area contributed by atoms with E-state index in [1.54, 1.807) is 0 Å². The van der Waals surface area contributed by atoms with E-state index in [1.807, 2.05) is 19.1 Å². The number of methoxy groups -OCH3 is 1. The monoisotopic (exact) mass is 382 g/mol. The van der Waals surface area contributed by atoms with Gasteiger partial charge in [-0.2, -0.15) is 0 Å². The van der Waals surface area contributed by atoms with E-state index in [9.17, 15) is 9.90 Å². The van der Waals surface area contributed by atoms with Gasteiger partial charge >= 0.3 is 5.97 Å². The second kappa shape index (κ2) is 4.99. The molecule has 148 valence electrons. The molecule has 6 nitrogen and oxygen atoms in total. The first-order valence-corrected chi connectivity index (χ1v) is 10.2. The second-order valence-corrected chi connectivity index (χ2v) is 8.87. The number of aliphatic hydroxyl groups is 1. The van der Waals surface area contributed by atoms with E-state index < -0.39 is 22.8 Å². The number of carbonyl (C=O) groups is 1. The second-order valence-electron chi connectivity index (χ2n) is 8.87. The molecule has 1 aliphatic carbocycles. The average molecular weight is 382 g/mol. The summed E-state index contributed by atoms with van der Waals surface area (Å²) in [7, 11) is 3.56. The van der Waals surface area contributed by atoms with Crippen molar-refractivity contribution in [3.63, 3.8) is 0 Å². The van der Waals surface area contributed by atoms with Crippen LogP contribution in [0.15, 0.2) is 35.9 Å². The van der Waals surface area contributed by atoms with Crippen molar-refractivity contribution in [1.29, 1.82) is 0 Å². The Labute approximate surface area is 164 Å². The lowest BCUT2D eigenvalue weighted by atomic mass is 9.43. The SMILES string of the molecule is C/C=C1/CN2CC[C@@]34c5ccccc5N(C)[C@@]23[C@H]2C[C@@H]1[C@]4(C(=O)OC)[C@@H](O)O2. The lowest BCUT2D eigenvalue weighted by Gasteiger charge is -2.67. The van der Waals surface area contributed by atoms with E-state index in [0.29, 0.717) is 0 Å². The quantitative estimate of drug-likeness (QED) is 0.589. The normalized spacial score (nSPS) is 48.6. The Morgan fingerprint density at radius 3 is 2.93 bits per heavy atom. The van der Waals surface area contributed by atoms with Gasteiger partial charge in [0.15, 0.2) is 6.29 Å². The van der Waals surface area contributed by atoms with E-state index in [-0.39, 0.29) is 18.0 Å². The molecule has 1 aromatic rings. The minimum Gasteiger partial charge on any atom is -0.468 e. The number of para-hydroxylation sites is 1. The summed E-state index contributed by atoms with van der Waals surface area (Å²) < 4.78 is 11.7. The van der Waals surface area contributed by atoms with Crippen LogP contribution in [0.3, 0.4) is 0 Å². The molecule has 1 unspecified atom stereocenters. The predicted molar refractivity (Wildman–Crippen MR) is 103 cm³/mol. The van der Waals surface area contributed by atoms with Gasteiger partial charge in [0.25, 0.3) is 0 Å². The molecule has 0 aromatic heterocycles. The lowest BCUT2D eigenvalue weighted by molar-refractivity contribution is -0.331. The van der Waals surface area contributed by atoms with Gasteiger partial charge in [0.1, 0.15) is 11.1 Å². The number of rotatable bonds is 1. The highest BCUT2D eigenvalue weighted by Gasteiger charge is 2.89. The van der Waals surface area contributed by atoms with E-state index in [4.69, 9.17) is 9.47 Å². The van der Waals surface area contributed by atoms with Crippen LogP contribution in [-0.2, 0) is 19.7 Å². The average Bonchev–Trinajstić information content (AvgIpc) is 3.11. The Hall–Kier alpha value is -1.89. The van der Waals surface area contributed by atoms with Crippen LogP contribution in [0.1, 0.15) is 25.3 Å². The molecule has 1 N–H and O–H groups in total. The van der Waals surface area contributed by atoms with Crippen LogP contribution >= 0.6 is 0 Å². The smallest absolute Gasteiger partial charge is 0.318 e. The summed E-state index contributed by atoms with van der Waals surface area (Å²) >= 11 is 0. The Balaban J connectivity index is 1.80. The third-order valence-electron chi connectivity index (χ3n) is 8.66. The molecule has 1 saturated carbocycles. The molecular formula is C22H26N2O4. The van der Waals surface area contributed by atoms with E-state index >= 15 is 0 Å².